The summed E-state index contributed by atoms with van der Waals surface area (Å²) >= 11 is 0. The molecule has 1 aromatic carbocycles. The zero-order valence-corrected chi connectivity index (χ0v) is 15.2. The molecule has 1 N–H and O–H groups in total. The van der Waals surface area contributed by atoms with Crippen molar-refractivity contribution in [2.75, 3.05) is 20.3 Å². The van der Waals surface area contributed by atoms with Crippen LogP contribution < -0.4 is 9.47 Å². The van der Waals surface area contributed by atoms with E-state index in [4.69, 9.17) is 14.2 Å². The summed E-state index contributed by atoms with van der Waals surface area (Å²) in [5.74, 6) is 0.572. The van der Waals surface area contributed by atoms with Gasteiger partial charge in [0.1, 0.15) is 24.2 Å². The maximum Gasteiger partial charge on any atom is 0.247 e. The van der Waals surface area contributed by atoms with Gasteiger partial charge in [0.25, 0.3) is 0 Å². The highest BCUT2D eigenvalue weighted by Crippen LogP contribution is 2.34. The monoisotopic (exact) mass is 370 g/mol. The highest BCUT2D eigenvalue weighted by atomic mass is 19.1. The van der Waals surface area contributed by atoms with Crippen LogP contribution in [0.25, 0.3) is 16.4 Å². The minimum absolute atomic E-state index is 0.101. The summed E-state index contributed by atoms with van der Waals surface area (Å²) in [7, 11) is 1.61. The molecule has 0 spiro atoms. The maximum absolute atomic E-state index is 14.8. The van der Waals surface area contributed by atoms with Crippen molar-refractivity contribution in [2.24, 2.45) is 0 Å². The van der Waals surface area contributed by atoms with E-state index < -0.39 is 5.82 Å². The Morgan fingerprint density at radius 2 is 2.04 bits per heavy atom. The fraction of sp³-hybridized carbons (Fsp3) is 0.263. The summed E-state index contributed by atoms with van der Waals surface area (Å²) < 4.78 is 33.0. The average molecular weight is 370 g/mol. The number of benzene rings is 1. The molecule has 0 amide bonds. The van der Waals surface area contributed by atoms with Crippen LogP contribution in [0.4, 0.5) is 4.39 Å². The molecule has 8 heteroatoms. The molecule has 4 aromatic rings. The van der Waals surface area contributed by atoms with Gasteiger partial charge in [-0.1, -0.05) is 0 Å². The largest absolute Gasteiger partial charge is 0.489 e. The molecule has 0 aliphatic carbocycles. The molecule has 3 heterocycles. The minimum atomic E-state index is -0.436. The van der Waals surface area contributed by atoms with Crippen molar-refractivity contribution in [1.29, 1.82) is 0 Å². The standard InChI is InChI=1S/C19H19FN4O3/c1-11-8-13-14(23-11)4-5-15(17(13)20)27-19-18-12(2)16(26-7-6-25-3)9-24(18)22-10-21-19/h4-5,8-10,23H,6-7H2,1-3H3. The maximum atomic E-state index is 14.8. The van der Waals surface area contributed by atoms with Crippen LogP contribution in [0.15, 0.2) is 30.7 Å². The van der Waals surface area contributed by atoms with E-state index in [2.05, 4.69) is 15.1 Å². The number of halogens is 1. The van der Waals surface area contributed by atoms with Crippen LogP contribution >= 0.6 is 0 Å². The zero-order chi connectivity index (χ0) is 19.0. The van der Waals surface area contributed by atoms with Crippen LogP contribution in [0.2, 0.25) is 0 Å². The van der Waals surface area contributed by atoms with E-state index in [1.54, 1.807) is 36.0 Å². The third-order valence-electron chi connectivity index (χ3n) is 4.34. The first kappa shape index (κ1) is 17.3. The number of ether oxygens (including phenoxy) is 3. The summed E-state index contributed by atoms with van der Waals surface area (Å²) in [5.41, 5.74) is 3.03. The number of rotatable bonds is 6. The molecule has 0 fully saturated rings. The molecule has 0 saturated heterocycles. The fourth-order valence-electron chi connectivity index (χ4n) is 3.03. The molecular formula is C19H19FN4O3. The highest BCUT2D eigenvalue weighted by Gasteiger charge is 2.18. The average Bonchev–Trinajstić information content (AvgIpc) is 3.19. The van der Waals surface area contributed by atoms with Crippen LogP contribution in [0.5, 0.6) is 17.4 Å². The lowest BCUT2D eigenvalue weighted by Crippen LogP contribution is -2.04. The van der Waals surface area contributed by atoms with Crippen molar-refractivity contribution in [3.63, 3.8) is 0 Å². The molecule has 0 radical (unpaired) electrons. The second kappa shape index (κ2) is 6.88. The van der Waals surface area contributed by atoms with Gasteiger partial charge in [0.05, 0.1) is 12.8 Å². The van der Waals surface area contributed by atoms with Gasteiger partial charge in [-0.15, -0.1) is 0 Å². The van der Waals surface area contributed by atoms with E-state index >= 15 is 0 Å². The Balaban J connectivity index is 1.72. The smallest absolute Gasteiger partial charge is 0.247 e. The molecule has 140 valence electrons. The van der Waals surface area contributed by atoms with Gasteiger partial charge in [0, 0.05) is 29.3 Å². The van der Waals surface area contributed by atoms with Gasteiger partial charge in [0.2, 0.25) is 5.88 Å². The second-order valence-electron chi connectivity index (χ2n) is 6.21. The van der Waals surface area contributed by atoms with Crippen molar-refractivity contribution in [3.8, 4) is 17.4 Å². The number of nitrogens with one attached hydrogen (secondary N) is 1. The number of fused-ring (bicyclic) bond motifs is 2. The van der Waals surface area contributed by atoms with Gasteiger partial charge >= 0.3 is 0 Å². The Labute approximate surface area is 154 Å². The van der Waals surface area contributed by atoms with Crippen LogP contribution in [-0.4, -0.2) is 39.9 Å². The molecule has 0 aliphatic rings. The predicted octanol–water partition coefficient (Wildman–Crippen LogP) is 3.78. The van der Waals surface area contributed by atoms with Gasteiger partial charge in [-0.25, -0.2) is 8.91 Å². The van der Waals surface area contributed by atoms with Crippen molar-refractivity contribution in [1.82, 2.24) is 19.6 Å². The topological polar surface area (TPSA) is 73.7 Å². The predicted molar refractivity (Wildman–Crippen MR) is 98.2 cm³/mol. The number of hydrogen-bond donors (Lipinski definition) is 1. The Hall–Kier alpha value is -3.13. The first-order valence-electron chi connectivity index (χ1n) is 8.49. The molecule has 0 saturated carbocycles. The molecular weight excluding hydrogens is 351 g/mol. The van der Waals surface area contributed by atoms with Gasteiger partial charge in [-0.2, -0.15) is 10.1 Å². The van der Waals surface area contributed by atoms with E-state index in [1.165, 1.54) is 6.33 Å². The lowest BCUT2D eigenvalue weighted by molar-refractivity contribution is 0.146. The summed E-state index contributed by atoms with van der Waals surface area (Å²) in [5, 5.41) is 4.66. The number of nitrogens with zero attached hydrogens (tertiary/aromatic N) is 3. The second-order valence-corrected chi connectivity index (χ2v) is 6.21. The number of methoxy groups -OCH3 is 1. The van der Waals surface area contributed by atoms with Crippen LogP contribution in [-0.2, 0) is 4.74 Å². The lowest BCUT2D eigenvalue weighted by atomic mass is 10.2. The van der Waals surface area contributed by atoms with Crippen LogP contribution in [0.1, 0.15) is 11.3 Å². The normalized spacial score (nSPS) is 11.4. The first-order valence-corrected chi connectivity index (χ1v) is 8.49. The molecule has 27 heavy (non-hydrogen) atoms. The number of hydrogen-bond acceptors (Lipinski definition) is 5. The summed E-state index contributed by atoms with van der Waals surface area (Å²) in [6, 6.07) is 5.11. The molecule has 7 nitrogen and oxygen atoms in total. The van der Waals surface area contributed by atoms with Crippen molar-refractivity contribution >= 4 is 16.4 Å². The van der Waals surface area contributed by atoms with Gasteiger partial charge in [0.15, 0.2) is 11.6 Å². The summed E-state index contributed by atoms with van der Waals surface area (Å²) in [6.45, 7) is 4.64. The van der Waals surface area contributed by atoms with E-state index in [9.17, 15) is 4.39 Å². The van der Waals surface area contributed by atoms with Gasteiger partial charge in [-0.05, 0) is 32.0 Å². The quantitative estimate of drug-likeness (QED) is 0.523. The number of aromatic amines is 1. The minimum Gasteiger partial charge on any atom is -0.489 e. The third kappa shape index (κ3) is 3.08. The Bertz CT molecular complexity index is 1120. The highest BCUT2D eigenvalue weighted by molar-refractivity contribution is 5.83. The molecule has 0 bridgehead atoms. The van der Waals surface area contributed by atoms with E-state index in [0.29, 0.717) is 29.9 Å². The van der Waals surface area contributed by atoms with Crippen molar-refractivity contribution in [3.05, 3.63) is 47.8 Å². The van der Waals surface area contributed by atoms with E-state index in [1.807, 2.05) is 13.8 Å². The van der Waals surface area contributed by atoms with E-state index in [-0.39, 0.29) is 11.6 Å². The van der Waals surface area contributed by atoms with E-state index in [0.717, 1.165) is 16.8 Å². The van der Waals surface area contributed by atoms with Gasteiger partial charge < -0.3 is 19.2 Å². The number of aryl methyl sites for hydroxylation is 2. The number of aromatic nitrogens is 4. The Morgan fingerprint density at radius 3 is 2.85 bits per heavy atom. The molecule has 0 unspecified atom stereocenters. The summed E-state index contributed by atoms with van der Waals surface area (Å²) in [4.78, 5) is 7.29. The zero-order valence-electron chi connectivity index (χ0n) is 15.2. The third-order valence-corrected chi connectivity index (χ3v) is 4.34. The molecule has 3 aromatic heterocycles. The fourth-order valence-corrected chi connectivity index (χ4v) is 3.03. The molecule has 4 rings (SSSR count). The Kier molecular flexibility index (Phi) is 4.41. The van der Waals surface area contributed by atoms with Gasteiger partial charge in [-0.3, -0.25) is 0 Å². The first-order chi connectivity index (χ1) is 13.1. The van der Waals surface area contributed by atoms with Crippen LogP contribution in [0.3, 0.4) is 0 Å². The lowest BCUT2D eigenvalue weighted by Gasteiger charge is -2.08. The van der Waals surface area contributed by atoms with Crippen molar-refractivity contribution < 1.29 is 18.6 Å². The van der Waals surface area contributed by atoms with Crippen LogP contribution in [0, 0.1) is 19.7 Å². The molecule has 0 atom stereocenters. The summed E-state index contributed by atoms with van der Waals surface area (Å²) in [6.07, 6.45) is 3.10. The molecule has 0 aliphatic heterocycles. The van der Waals surface area contributed by atoms with Crippen molar-refractivity contribution in [2.45, 2.75) is 13.8 Å². The SMILES string of the molecule is COCCOc1cn2ncnc(Oc3ccc4[nH]c(C)cc4c3F)c2c1C. The number of H-pyrrole nitrogens is 1. The Morgan fingerprint density at radius 1 is 1.19 bits per heavy atom.